The average Bonchev–Trinajstić information content (AvgIpc) is 3.43. The van der Waals surface area contributed by atoms with E-state index in [1.165, 1.54) is 36.4 Å². The van der Waals surface area contributed by atoms with Gasteiger partial charge in [0.05, 0.1) is 51.1 Å². The number of phenols is 1. The number of imide groups is 2. The summed E-state index contributed by atoms with van der Waals surface area (Å²) in [6.45, 7) is 3.67. The number of benzene rings is 3. The van der Waals surface area contributed by atoms with Gasteiger partial charge in [-0.2, -0.15) is 0 Å². The summed E-state index contributed by atoms with van der Waals surface area (Å²) >= 11 is 6.06. The van der Waals surface area contributed by atoms with E-state index in [0.29, 0.717) is 11.1 Å². The largest absolute Gasteiger partial charge is 0.504 e. The first-order chi connectivity index (χ1) is 22.9. The number of carbonyl (C=O) groups excluding carboxylic acids is 4. The minimum absolute atomic E-state index is 0.0506. The molecule has 2 aliphatic carbocycles. The third-order valence-corrected chi connectivity index (χ3v) is 10.7. The van der Waals surface area contributed by atoms with Crippen molar-refractivity contribution in [1.29, 1.82) is 0 Å². The highest BCUT2D eigenvalue weighted by Crippen LogP contribution is 2.65. The summed E-state index contributed by atoms with van der Waals surface area (Å²) in [5.74, 6) is -7.10. The number of nitrogens with zero attached hydrogens (tertiary/aromatic N) is 3. The van der Waals surface area contributed by atoms with Crippen molar-refractivity contribution in [3.05, 3.63) is 98.8 Å². The first kappa shape index (κ1) is 31.5. The van der Waals surface area contributed by atoms with Crippen LogP contribution in [-0.2, 0) is 19.2 Å². The lowest BCUT2D eigenvalue weighted by Gasteiger charge is -2.49. The van der Waals surface area contributed by atoms with E-state index in [1.807, 2.05) is 6.08 Å². The Labute approximate surface area is 278 Å². The molecule has 0 radical (unpaired) electrons. The van der Waals surface area contributed by atoms with Gasteiger partial charge in [0.25, 0.3) is 5.69 Å². The first-order valence-electron chi connectivity index (χ1n) is 15.5. The maximum Gasteiger partial charge on any atom is 0.269 e. The smallest absolute Gasteiger partial charge is 0.269 e. The first-order valence-corrected chi connectivity index (χ1v) is 15.9. The molecular weight excluding hydrogens is 645 g/mol. The van der Waals surface area contributed by atoms with Gasteiger partial charge in [0.15, 0.2) is 11.5 Å². The Morgan fingerprint density at radius 3 is 2.38 bits per heavy atom. The fourth-order valence-electron chi connectivity index (χ4n) is 8.25. The summed E-state index contributed by atoms with van der Waals surface area (Å²) in [7, 11) is 0. The molecule has 3 fully saturated rings. The van der Waals surface area contributed by atoms with E-state index in [9.17, 15) is 38.8 Å². The SMILES string of the molecule is CCOc1cccc([C@H]2C3=CC[C@@H]4C(=O)N(c5ccc([N+](=O)[O-])cc5)C(=O)[C@@H]4[C@@H]3C[C@H]3C(=O)N(c4ccc(F)c(Cl)c4)C(=O)[C@@]23C)c1O. The van der Waals surface area contributed by atoms with E-state index in [4.69, 9.17) is 16.3 Å². The van der Waals surface area contributed by atoms with Crippen LogP contribution in [0.5, 0.6) is 11.5 Å². The van der Waals surface area contributed by atoms with Gasteiger partial charge in [-0.1, -0.05) is 35.4 Å². The van der Waals surface area contributed by atoms with Crippen LogP contribution in [0.15, 0.2) is 72.3 Å². The van der Waals surface area contributed by atoms with Crippen LogP contribution in [0.25, 0.3) is 0 Å². The van der Waals surface area contributed by atoms with E-state index in [1.54, 1.807) is 32.0 Å². The molecule has 11 nitrogen and oxygen atoms in total. The number of halogens is 2. The van der Waals surface area contributed by atoms with Crippen molar-refractivity contribution in [2.24, 2.45) is 29.1 Å². The Morgan fingerprint density at radius 1 is 1.00 bits per heavy atom. The van der Waals surface area contributed by atoms with E-state index in [0.717, 1.165) is 15.9 Å². The number of nitro groups is 1. The van der Waals surface area contributed by atoms with E-state index < -0.39 is 69.4 Å². The predicted octanol–water partition coefficient (Wildman–Crippen LogP) is 5.93. The Morgan fingerprint density at radius 2 is 1.71 bits per heavy atom. The van der Waals surface area contributed by atoms with E-state index in [2.05, 4.69) is 0 Å². The van der Waals surface area contributed by atoms with Crippen molar-refractivity contribution in [1.82, 2.24) is 0 Å². The van der Waals surface area contributed by atoms with Crippen LogP contribution in [-0.4, -0.2) is 40.3 Å². The molecule has 6 atom stereocenters. The number of para-hydroxylation sites is 1. The van der Waals surface area contributed by atoms with Crippen LogP contribution < -0.4 is 14.5 Å². The molecule has 48 heavy (non-hydrogen) atoms. The molecule has 4 amide bonds. The molecule has 2 heterocycles. The van der Waals surface area contributed by atoms with E-state index >= 15 is 0 Å². The Kier molecular flexibility index (Phi) is 7.39. The lowest BCUT2D eigenvalue weighted by atomic mass is 9.51. The zero-order valence-corrected chi connectivity index (χ0v) is 26.5. The van der Waals surface area contributed by atoms with Gasteiger partial charge in [0.2, 0.25) is 23.6 Å². The molecule has 1 saturated carbocycles. The van der Waals surface area contributed by atoms with Gasteiger partial charge in [-0.15, -0.1) is 0 Å². The van der Waals surface area contributed by atoms with Crippen molar-refractivity contribution < 1.29 is 38.3 Å². The van der Waals surface area contributed by atoms with Crippen molar-refractivity contribution in [3.8, 4) is 11.5 Å². The lowest BCUT2D eigenvalue weighted by Crippen LogP contribution is -2.48. The summed E-state index contributed by atoms with van der Waals surface area (Å²) in [4.78, 5) is 69.5. The number of amides is 4. The van der Waals surface area contributed by atoms with Crippen LogP contribution in [0.3, 0.4) is 0 Å². The number of hydrogen-bond donors (Lipinski definition) is 1. The molecule has 7 rings (SSSR count). The molecular formula is C35H29ClFN3O8. The van der Waals surface area contributed by atoms with Crippen LogP contribution in [0.1, 0.15) is 38.2 Å². The number of nitro benzene ring substituents is 1. The quantitative estimate of drug-likeness (QED) is 0.147. The third kappa shape index (κ3) is 4.38. The number of ether oxygens (including phenoxy) is 1. The number of carbonyl (C=O) groups is 4. The second-order valence-corrected chi connectivity index (χ2v) is 13.1. The molecule has 3 aromatic rings. The van der Waals surface area contributed by atoms with E-state index in [-0.39, 0.29) is 53.0 Å². The third-order valence-electron chi connectivity index (χ3n) is 10.4. The maximum atomic E-state index is 14.6. The number of hydrogen-bond acceptors (Lipinski definition) is 8. The number of anilines is 2. The van der Waals surface area contributed by atoms with Gasteiger partial charge in [-0.3, -0.25) is 34.2 Å². The number of aromatic hydroxyl groups is 1. The zero-order valence-electron chi connectivity index (χ0n) is 25.8. The summed E-state index contributed by atoms with van der Waals surface area (Å²) in [5, 5.41) is 22.5. The van der Waals surface area contributed by atoms with Gasteiger partial charge in [0.1, 0.15) is 5.82 Å². The van der Waals surface area contributed by atoms with Gasteiger partial charge < -0.3 is 9.84 Å². The van der Waals surface area contributed by atoms with Crippen LogP contribution in [0.2, 0.25) is 5.02 Å². The molecule has 13 heteroatoms. The number of fused-ring (bicyclic) bond motifs is 4. The topological polar surface area (TPSA) is 147 Å². The number of non-ortho nitro benzene ring substituents is 1. The second-order valence-electron chi connectivity index (χ2n) is 12.7. The van der Waals surface area contributed by atoms with Crippen LogP contribution in [0.4, 0.5) is 21.5 Å². The highest BCUT2D eigenvalue weighted by molar-refractivity contribution is 6.32. The second kappa shape index (κ2) is 11.3. The molecule has 0 aromatic heterocycles. The van der Waals surface area contributed by atoms with Gasteiger partial charge in [-0.25, -0.2) is 9.29 Å². The molecule has 0 unspecified atom stereocenters. The van der Waals surface area contributed by atoms with Gasteiger partial charge in [0, 0.05) is 23.6 Å². The van der Waals surface area contributed by atoms with Crippen molar-refractivity contribution in [2.45, 2.75) is 32.6 Å². The molecule has 3 aromatic carbocycles. The fourth-order valence-corrected chi connectivity index (χ4v) is 8.43. The molecule has 0 bridgehead atoms. The Bertz CT molecular complexity index is 1970. The molecule has 1 N–H and O–H groups in total. The van der Waals surface area contributed by atoms with Crippen molar-refractivity contribution in [2.75, 3.05) is 16.4 Å². The monoisotopic (exact) mass is 673 g/mol. The van der Waals surface area contributed by atoms with Crippen molar-refractivity contribution in [3.63, 3.8) is 0 Å². The maximum absolute atomic E-state index is 14.6. The number of allylic oxidation sites excluding steroid dienone is 2. The standard InChI is InChI=1S/C35H29ClFN3O8/c1-3-48-27-6-4-5-22(30(27)41)29-20-12-13-21-28(33(44)38(31(21)42)17-7-9-18(10-8-17)40(46)47)23(20)16-24-32(43)39(34(45)35(24,29)2)19-11-14-26(37)25(36)15-19/h4-12,14-15,21,23-24,28-29,41H,3,13,16H2,1-2H3/t21-,23+,24-,28-,29+,35+/m0/s1. The molecule has 2 saturated heterocycles. The summed E-state index contributed by atoms with van der Waals surface area (Å²) in [6, 6.07) is 13.6. The van der Waals surface area contributed by atoms with Gasteiger partial charge in [-0.05, 0) is 69.0 Å². The van der Waals surface area contributed by atoms with Crippen molar-refractivity contribution >= 4 is 52.3 Å². The Hall–Kier alpha value is -5.10. The Balaban J connectivity index is 1.36. The van der Waals surface area contributed by atoms with Gasteiger partial charge >= 0.3 is 0 Å². The normalized spacial score (nSPS) is 27.8. The van der Waals surface area contributed by atoms with Crippen LogP contribution in [0, 0.1) is 45.0 Å². The lowest BCUT2D eigenvalue weighted by molar-refractivity contribution is -0.384. The molecule has 4 aliphatic rings. The molecule has 2 aliphatic heterocycles. The summed E-state index contributed by atoms with van der Waals surface area (Å²) in [6.07, 6.45) is 2.05. The minimum Gasteiger partial charge on any atom is -0.504 e. The van der Waals surface area contributed by atoms with Crippen LogP contribution >= 0.6 is 11.6 Å². The predicted molar refractivity (Wildman–Crippen MR) is 171 cm³/mol. The summed E-state index contributed by atoms with van der Waals surface area (Å²) in [5.41, 5.74) is -0.405. The highest BCUT2D eigenvalue weighted by Gasteiger charge is 2.68. The average molecular weight is 674 g/mol. The highest BCUT2D eigenvalue weighted by atomic mass is 35.5. The minimum atomic E-state index is -1.46. The zero-order chi connectivity index (χ0) is 34.2. The fraction of sp³-hybridized carbons (Fsp3) is 0.314. The molecule has 0 spiro atoms. The summed E-state index contributed by atoms with van der Waals surface area (Å²) < 4.78 is 19.8. The molecule has 246 valence electrons. The number of phenolic OH excluding ortho intramolecular Hbond substituents is 1. The number of rotatable bonds is 6.